The molecule has 0 saturated heterocycles. The van der Waals surface area contributed by atoms with Crippen LogP contribution in [0.15, 0.2) is 30.0 Å². The van der Waals surface area contributed by atoms with E-state index in [4.69, 9.17) is 5.73 Å². The van der Waals surface area contributed by atoms with Gasteiger partial charge in [-0.3, -0.25) is 9.78 Å². The molecule has 0 fully saturated rings. The molecule has 1 aromatic rings. The van der Waals surface area contributed by atoms with E-state index in [0.717, 1.165) is 36.1 Å². The van der Waals surface area contributed by atoms with Gasteiger partial charge in [-0.2, -0.15) is 0 Å². The predicted molar refractivity (Wildman–Crippen MR) is 72.2 cm³/mol. The summed E-state index contributed by atoms with van der Waals surface area (Å²) in [6.45, 7) is 0.375. The first-order valence-corrected chi connectivity index (χ1v) is 6.70. The molecule has 0 saturated carbocycles. The van der Waals surface area contributed by atoms with Crippen molar-refractivity contribution in [2.24, 2.45) is 5.73 Å². The molecule has 96 valence electrons. The smallest absolute Gasteiger partial charge is 0.188 e. The van der Waals surface area contributed by atoms with Crippen LogP contribution in [0.3, 0.4) is 0 Å². The Hall–Kier alpha value is -1.48. The number of carbonyl (C=O) groups is 1. The molecule has 18 heavy (non-hydrogen) atoms. The van der Waals surface area contributed by atoms with E-state index in [2.05, 4.69) is 11.1 Å². The third-order valence-corrected chi connectivity index (χ3v) is 3.37. The molecule has 0 amide bonds. The molecule has 2 N–H and O–H groups in total. The van der Waals surface area contributed by atoms with Gasteiger partial charge in [0.2, 0.25) is 0 Å². The predicted octanol–water partition coefficient (Wildman–Crippen LogP) is 3.00. The lowest BCUT2D eigenvalue weighted by Crippen LogP contribution is -2.07. The molecule has 0 aromatic carbocycles. The Balaban J connectivity index is 2.18. The van der Waals surface area contributed by atoms with Crippen LogP contribution in [0.4, 0.5) is 0 Å². The Labute approximate surface area is 108 Å². The van der Waals surface area contributed by atoms with Crippen molar-refractivity contribution >= 4 is 5.78 Å². The summed E-state index contributed by atoms with van der Waals surface area (Å²) in [6, 6.07) is 3.59. The van der Waals surface area contributed by atoms with Gasteiger partial charge in [0.05, 0.1) is 5.69 Å². The average molecular weight is 244 g/mol. The monoisotopic (exact) mass is 244 g/mol. The van der Waals surface area contributed by atoms with E-state index >= 15 is 0 Å². The van der Waals surface area contributed by atoms with Gasteiger partial charge < -0.3 is 5.73 Å². The maximum absolute atomic E-state index is 12.4. The van der Waals surface area contributed by atoms with Gasteiger partial charge in [-0.05, 0) is 43.4 Å². The lowest BCUT2D eigenvalue weighted by atomic mass is 9.94. The molecule has 1 heterocycles. The first kappa shape index (κ1) is 13.0. The minimum Gasteiger partial charge on any atom is -0.325 e. The quantitative estimate of drug-likeness (QED) is 0.831. The SMILES string of the molecule is NCc1cc(C(=O)/C2=C/CCCCCC2)ccn1. The van der Waals surface area contributed by atoms with Crippen molar-refractivity contribution in [1.29, 1.82) is 0 Å². The van der Waals surface area contributed by atoms with Crippen LogP contribution in [0.1, 0.15) is 54.6 Å². The molecule has 0 atom stereocenters. The van der Waals surface area contributed by atoms with E-state index in [-0.39, 0.29) is 5.78 Å². The minimum atomic E-state index is 0.147. The van der Waals surface area contributed by atoms with Crippen molar-refractivity contribution in [2.45, 2.75) is 45.1 Å². The standard InChI is InChI=1S/C15H20N2O/c16-11-14-10-13(8-9-17-14)15(18)12-6-4-2-1-3-5-7-12/h6,8-10H,1-5,7,11,16H2/b12-6+. The zero-order chi connectivity index (χ0) is 12.8. The summed E-state index contributed by atoms with van der Waals surface area (Å²) in [5, 5.41) is 0. The first-order valence-electron chi connectivity index (χ1n) is 6.70. The fourth-order valence-corrected chi connectivity index (χ4v) is 2.31. The molecule has 0 spiro atoms. The molecule has 3 nitrogen and oxygen atoms in total. The van der Waals surface area contributed by atoms with Gasteiger partial charge in [0.1, 0.15) is 0 Å². The Kier molecular flexibility index (Phi) is 4.65. The Morgan fingerprint density at radius 1 is 1.28 bits per heavy atom. The molecule has 0 radical (unpaired) electrons. The van der Waals surface area contributed by atoms with Crippen molar-refractivity contribution in [2.75, 3.05) is 0 Å². The number of hydrogen-bond acceptors (Lipinski definition) is 3. The van der Waals surface area contributed by atoms with E-state index in [0.29, 0.717) is 6.54 Å². The molecule has 0 aliphatic heterocycles. The number of Topliss-reactive ketones (excluding diaryl/α,β-unsaturated/α-hetero) is 1. The number of hydrogen-bond donors (Lipinski definition) is 1. The van der Waals surface area contributed by atoms with Gasteiger partial charge in [0.15, 0.2) is 5.78 Å². The lowest BCUT2D eigenvalue weighted by molar-refractivity contribution is 0.102. The van der Waals surface area contributed by atoms with E-state index < -0.39 is 0 Å². The molecule has 0 unspecified atom stereocenters. The van der Waals surface area contributed by atoms with Crippen molar-refractivity contribution in [3.63, 3.8) is 0 Å². The highest BCUT2D eigenvalue weighted by molar-refractivity contribution is 6.08. The number of aromatic nitrogens is 1. The highest BCUT2D eigenvalue weighted by atomic mass is 16.1. The van der Waals surface area contributed by atoms with Gasteiger partial charge >= 0.3 is 0 Å². The third-order valence-electron chi connectivity index (χ3n) is 3.37. The van der Waals surface area contributed by atoms with E-state index in [1.165, 1.54) is 19.3 Å². The summed E-state index contributed by atoms with van der Waals surface area (Å²) in [4.78, 5) is 16.5. The Morgan fingerprint density at radius 3 is 2.94 bits per heavy atom. The van der Waals surface area contributed by atoms with Crippen LogP contribution in [0.5, 0.6) is 0 Å². The fraction of sp³-hybridized carbons (Fsp3) is 0.467. The zero-order valence-electron chi connectivity index (χ0n) is 10.7. The molecular weight excluding hydrogens is 224 g/mol. The number of nitrogens with zero attached hydrogens (tertiary/aromatic N) is 1. The lowest BCUT2D eigenvalue weighted by Gasteiger charge is -2.10. The number of pyridine rings is 1. The van der Waals surface area contributed by atoms with E-state index in [9.17, 15) is 4.79 Å². The second kappa shape index (κ2) is 6.45. The van der Waals surface area contributed by atoms with Crippen molar-refractivity contribution in [3.8, 4) is 0 Å². The van der Waals surface area contributed by atoms with Crippen molar-refractivity contribution in [3.05, 3.63) is 41.2 Å². The summed E-state index contributed by atoms with van der Waals surface area (Å²) >= 11 is 0. The summed E-state index contributed by atoms with van der Waals surface area (Å²) in [7, 11) is 0. The Bertz CT molecular complexity index is 452. The average Bonchev–Trinajstić information content (AvgIpc) is 2.38. The molecule has 1 aliphatic carbocycles. The van der Waals surface area contributed by atoms with Gasteiger partial charge in [-0.15, -0.1) is 0 Å². The topological polar surface area (TPSA) is 56.0 Å². The van der Waals surface area contributed by atoms with Gasteiger partial charge in [-0.25, -0.2) is 0 Å². The largest absolute Gasteiger partial charge is 0.325 e. The molecule has 2 rings (SSSR count). The summed E-state index contributed by atoms with van der Waals surface area (Å²) in [5.41, 5.74) is 8.01. The minimum absolute atomic E-state index is 0.147. The number of rotatable bonds is 3. The first-order chi connectivity index (χ1) is 8.81. The number of nitrogens with two attached hydrogens (primary N) is 1. The summed E-state index contributed by atoms with van der Waals surface area (Å²) in [5.74, 6) is 0.147. The van der Waals surface area contributed by atoms with E-state index in [1.807, 2.05) is 6.07 Å². The third kappa shape index (κ3) is 3.26. The second-order valence-electron chi connectivity index (χ2n) is 4.75. The van der Waals surface area contributed by atoms with Gasteiger partial charge in [0, 0.05) is 18.3 Å². The summed E-state index contributed by atoms with van der Waals surface area (Å²) in [6.07, 6.45) is 10.5. The van der Waals surface area contributed by atoms with Crippen molar-refractivity contribution in [1.82, 2.24) is 4.98 Å². The van der Waals surface area contributed by atoms with Crippen LogP contribution in [-0.2, 0) is 6.54 Å². The maximum atomic E-state index is 12.4. The van der Waals surface area contributed by atoms with Crippen LogP contribution in [0, 0.1) is 0 Å². The van der Waals surface area contributed by atoms with Crippen LogP contribution >= 0.6 is 0 Å². The van der Waals surface area contributed by atoms with Crippen LogP contribution < -0.4 is 5.73 Å². The second-order valence-corrected chi connectivity index (χ2v) is 4.75. The van der Waals surface area contributed by atoms with E-state index in [1.54, 1.807) is 12.3 Å². The maximum Gasteiger partial charge on any atom is 0.188 e. The van der Waals surface area contributed by atoms with Gasteiger partial charge in [-0.1, -0.05) is 18.9 Å². The summed E-state index contributed by atoms with van der Waals surface area (Å²) < 4.78 is 0. The highest BCUT2D eigenvalue weighted by Gasteiger charge is 2.13. The molecular formula is C15H20N2O. The van der Waals surface area contributed by atoms with Crippen LogP contribution in [0.2, 0.25) is 0 Å². The van der Waals surface area contributed by atoms with Crippen LogP contribution in [-0.4, -0.2) is 10.8 Å². The normalized spacial score (nSPS) is 19.5. The molecule has 1 aromatic heterocycles. The number of ketones is 1. The van der Waals surface area contributed by atoms with Crippen LogP contribution in [0.25, 0.3) is 0 Å². The Morgan fingerprint density at radius 2 is 2.11 bits per heavy atom. The molecule has 3 heteroatoms. The highest BCUT2D eigenvalue weighted by Crippen LogP contribution is 2.20. The van der Waals surface area contributed by atoms with Crippen molar-refractivity contribution < 1.29 is 4.79 Å². The zero-order valence-corrected chi connectivity index (χ0v) is 10.7. The molecule has 0 bridgehead atoms. The molecule has 1 aliphatic rings. The number of allylic oxidation sites excluding steroid dienone is 2. The fourth-order valence-electron chi connectivity index (χ4n) is 2.31. The number of carbonyl (C=O) groups excluding carboxylic acids is 1. The van der Waals surface area contributed by atoms with Gasteiger partial charge in [0.25, 0.3) is 0 Å².